The summed E-state index contributed by atoms with van der Waals surface area (Å²) in [5.41, 5.74) is 12.1. The number of aryl methyl sites for hydroxylation is 2. The molecule has 81 heavy (non-hydrogen) atoms. The van der Waals surface area contributed by atoms with Gasteiger partial charge in [-0.1, -0.05) is 134 Å². The third-order valence-corrected chi connectivity index (χ3v) is 18.1. The van der Waals surface area contributed by atoms with E-state index in [1.54, 1.807) is 36.4 Å². The number of nitrogens with zero attached hydrogens (tertiary/aromatic N) is 5. The molecule has 0 unspecified atom stereocenters. The molecule has 6 aromatic rings. The summed E-state index contributed by atoms with van der Waals surface area (Å²) in [6, 6.07) is 25.9. The van der Waals surface area contributed by atoms with E-state index in [1.807, 2.05) is 72.3 Å². The van der Waals surface area contributed by atoms with Gasteiger partial charge in [-0.2, -0.15) is 0 Å². The quantitative estimate of drug-likeness (QED) is 0.0302. The normalized spacial score (nSPS) is 11.8. The van der Waals surface area contributed by atoms with Crippen LogP contribution in [0.2, 0.25) is 28.2 Å². The third kappa shape index (κ3) is 22.5. The molecule has 0 atom stereocenters. The molecular formula is C64H90Cl2N6O8Si. The first kappa shape index (κ1) is 69.5. The van der Waals surface area contributed by atoms with Crippen molar-refractivity contribution in [2.45, 2.75) is 151 Å². The molecule has 14 nitrogen and oxygen atoms in total. The highest BCUT2D eigenvalue weighted by atomic mass is 35.5. The first-order chi connectivity index (χ1) is 37.7. The SMILES string of the molecule is CC(C)(C)[Si](C)(C)OCCC=O.CC(C)Oc1ccc(C(=O)CN(CCCO)Cc2ccc(-c3cn(C)c(C(C)(C)C)n3)cc2)cc1Cl.CC(C)Oc1ccc(C(=O)CN)cc1Cl.Cn1cc(-c2ccc(C=O)cc2)nc1C(C)(C)C. The van der Waals surface area contributed by atoms with Crippen molar-refractivity contribution in [3.8, 4) is 34.0 Å². The Morgan fingerprint density at radius 1 is 0.704 bits per heavy atom. The van der Waals surface area contributed by atoms with Gasteiger partial charge in [-0.05, 0) is 94.2 Å². The lowest BCUT2D eigenvalue weighted by atomic mass is 9.96. The summed E-state index contributed by atoms with van der Waals surface area (Å²) in [6.45, 7) is 33.7. The van der Waals surface area contributed by atoms with E-state index in [9.17, 15) is 24.3 Å². The minimum atomic E-state index is -1.60. The summed E-state index contributed by atoms with van der Waals surface area (Å²) >= 11 is 12.3. The van der Waals surface area contributed by atoms with E-state index in [-0.39, 0.29) is 59.3 Å². The van der Waals surface area contributed by atoms with Crippen LogP contribution >= 0.6 is 23.2 Å². The lowest BCUT2D eigenvalue weighted by Crippen LogP contribution is -2.41. The number of aldehydes is 2. The van der Waals surface area contributed by atoms with Crippen LogP contribution in [-0.2, 0) is 40.7 Å². The summed E-state index contributed by atoms with van der Waals surface area (Å²) in [7, 11) is 2.44. The van der Waals surface area contributed by atoms with Crippen molar-refractivity contribution >= 4 is 55.7 Å². The van der Waals surface area contributed by atoms with Crippen molar-refractivity contribution in [3.63, 3.8) is 0 Å². The number of carbonyl (C=O) groups is 4. The van der Waals surface area contributed by atoms with Crippen LogP contribution in [0.4, 0.5) is 0 Å². The molecule has 0 radical (unpaired) electrons. The van der Waals surface area contributed by atoms with Gasteiger partial charge in [0, 0.05) is 97.9 Å². The highest BCUT2D eigenvalue weighted by Gasteiger charge is 2.36. The minimum Gasteiger partial charge on any atom is -0.489 e. The lowest BCUT2D eigenvalue weighted by molar-refractivity contribution is -0.108. The molecule has 0 spiro atoms. The van der Waals surface area contributed by atoms with Crippen LogP contribution in [0, 0.1) is 0 Å². The maximum Gasteiger partial charge on any atom is 0.191 e. The number of aliphatic hydroxyl groups is 1. The van der Waals surface area contributed by atoms with Crippen LogP contribution in [0.3, 0.4) is 0 Å². The number of halogens is 2. The number of rotatable bonds is 21. The van der Waals surface area contributed by atoms with Crippen molar-refractivity contribution in [3.05, 3.63) is 141 Å². The Bertz CT molecular complexity index is 2950. The number of hydrogen-bond acceptors (Lipinski definition) is 12. The number of ether oxygens (including phenoxy) is 2. The molecule has 0 saturated carbocycles. The average molecular weight is 1170 g/mol. The Kier molecular flexibility index (Phi) is 27.1. The fourth-order valence-corrected chi connectivity index (χ4v) is 9.43. The van der Waals surface area contributed by atoms with Gasteiger partial charge in [0.1, 0.15) is 35.7 Å². The molecule has 3 N–H and O–H groups in total. The molecule has 2 heterocycles. The number of aliphatic hydroxyl groups excluding tert-OH is 1. The largest absolute Gasteiger partial charge is 0.489 e. The number of nitrogens with two attached hydrogens (primary N) is 1. The van der Waals surface area contributed by atoms with Crippen molar-refractivity contribution in [1.82, 2.24) is 24.0 Å². The van der Waals surface area contributed by atoms with Crippen molar-refractivity contribution in [1.29, 1.82) is 0 Å². The van der Waals surface area contributed by atoms with Gasteiger partial charge in [0.2, 0.25) is 0 Å². The summed E-state index contributed by atoms with van der Waals surface area (Å²) in [5, 5.41) is 10.5. The van der Waals surface area contributed by atoms with E-state index in [0.717, 1.165) is 52.3 Å². The Balaban J connectivity index is 0.000000318. The topological polar surface area (TPSA) is 181 Å². The van der Waals surface area contributed by atoms with E-state index in [1.165, 1.54) is 0 Å². The number of hydrogen-bond donors (Lipinski definition) is 2. The molecular weight excluding hydrogens is 1080 g/mol. The van der Waals surface area contributed by atoms with Crippen LogP contribution in [0.1, 0.15) is 151 Å². The van der Waals surface area contributed by atoms with Gasteiger partial charge in [-0.15, -0.1) is 0 Å². The second-order valence-electron chi connectivity index (χ2n) is 24.1. The molecule has 4 aromatic carbocycles. The van der Waals surface area contributed by atoms with Crippen LogP contribution in [0.25, 0.3) is 22.5 Å². The van der Waals surface area contributed by atoms with Gasteiger partial charge >= 0.3 is 0 Å². The predicted molar refractivity (Wildman–Crippen MR) is 333 cm³/mol. The fraction of sp³-hybridized carbons (Fsp3) is 0.469. The fourth-order valence-electron chi connectivity index (χ4n) is 7.92. The summed E-state index contributed by atoms with van der Waals surface area (Å²) < 4.78 is 21.0. The zero-order valence-corrected chi connectivity index (χ0v) is 53.6. The third-order valence-electron chi connectivity index (χ3n) is 13.0. The van der Waals surface area contributed by atoms with Gasteiger partial charge in [0.25, 0.3) is 0 Å². The molecule has 442 valence electrons. The minimum absolute atomic E-state index is 0.00243. The first-order valence-corrected chi connectivity index (χ1v) is 31.2. The van der Waals surface area contributed by atoms with Gasteiger partial charge in [0.15, 0.2) is 19.9 Å². The zero-order chi connectivity index (χ0) is 61.0. The van der Waals surface area contributed by atoms with Crippen molar-refractivity contribution < 1.29 is 38.2 Å². The van der Waals surface area contributed by atoms with Crippen molar-refractivity contribution in [2.75, 3.05) is 32.8 Å². The summed E-state index contributed by atoms with van der Waals surface area (Å²) in [4.78, 5) is 56.6. The van der Waals surface area contributed by atoms with Crippen molar-refractivity contribution in [2.24, 2.45) is 19.8 Å². The standard InChI is InChI=1S/C29H38ClN3O3.C15H18N2O.C11H14ClNO2.C9H20O2Si/c1-20(2)36-27-13-12-23(16-24(27)30)26(35)19-33(14-7-15-34)17-21-8-10-22(11-9-21)25-18-32(6)28(31-25)29(3,4)5;1-15(2,3)14-16-13(9-17(14)4)12-7-5-11(10-18)6-8-12;1-7(2)15-11-4-3-8(5-9(11)12)10(14)6-13;1-9(2,3)12(4,5)11-8-6-7-10/h8-13,16,18,20,34H,7,14-15,17,19H2,1-6H3;5-10H,1-4H3;3-5,7H,6,13H2,1-2H3;7H,6,8H2,1-5H3. The Morgan fingerprint density at radius 3 is 1.51 bits per heavy atom. The Morgan fingerprint density at radius 2 is 1.15 bits per heavy atom. The highest BCUT2D eigenvalue weighted by Crippen LogP contribution is 2.37. The van der Waals surface area contributed by atoms with E-state index >= 15 is 0 Å². The molecule has 2 aromatic heterocycles. The molecule has 0 aliphatic carbocycles. The molecule has 0 aliphatic rings. The van der Waals surface area contributed by atoms with Gasteiger partial charge in [-0.25, -0.2) is 9.97 Å². The average Bonchev–Trinajstić information content (AvgIpc) is 4.01. The zero-order valence-electron chi connectivity index (χ0n) is 51.1. The molecule has 0 amide bonds. The Labute approximate surface area is 493 Å². The smallest absolute Gasteiger partial charge is 0.191 e. The molecule has 0 aliphatic heterocycles. The van der Waals surface area contributed by atoms with E-state index < -0.39 is 8.32 Å². The van der Waals surface area contributed by atoms with Gasteiger partial charge in [-0.3, -0.25) is 19.3 Å². The highest BCUT2D eigenvalue weighted by molar-refractivity contribution is 6.74. The van der Waals surface area contributed by atoms with Gasteiger partial charge < -0.3 is 38.7 Å². The molecule has 0 fully saturated rings. The van der Waals surface area contributed by atoms with E-state index in [0.29, 0.717) is 70.8 Å². The molecule has 6 rings (SSSR count). The van der Waals surface area contributed by atoms with Crippen LogP contribution in [0.15, 0.2) is 97.3 Å². The molecule has 17 heteroatoms. The predicted octanol–water partition coefficient (Wildman–Crippen LogP) is 14.0. The first-order valence-electron chi connectivity index (χ1n) is 27.6. The maximum absolute atomic E-state index is 13.0. The summed E-state index contributed by atoms with van der Waals surface area (Å²) in [6.07, 6.45) is 7.02. The summed E-state index contributed by atoms with van der Waals surface area (Å²) in [5.74, 6) is 3.10. The number of Topliss-reactive ketones (excluding diaryl/α,β-unsaturated/α-hetero) is 2. The van der Waals surface area contributed by atoms with Gasteiger partial charge in [0.05, 0.1) is 46.7 Å². The molecule has 0 bridgehead atoms. The second-order valence-corrected chi connectivity index (χ2v) is 29.7. The number of imidazole rings is 2. The number of carbonyl (C=O) groups excluding carboxylic acids is 4. The monoisotopic (exact) mass is 1170 g/mol. The molecule has 0 saturated heterocycles. The number of aromatic nitrogens is 4. The van der Waals surface area contributed by atoms with Crippen LogP contribution in [-0.4, -0.2) is 107 Å². The van der Waals surface area contributed by atoms with Crippen LogP contribution < -0.4 is 15.2 Å². The Hall–Kier alpha value is -5.78. The van der Waals surface area contributed by atoms with E-state index in [2.05, 4.69) is 125 Å². The second kappa shape index (κ2) is 31.6. The lowest BCUT2D eigenvalue weighted by Gasteiger charge is -2.35. The number of benzene rings is 4. The maximum atomic E-state index is 13.0. The number of ketones is 2. The van der Waals surface area contributed by atoms with E-state index in [4.69, 9.17) is 47.8 Å². The van der Waals surface area contributed by atoms with Crippen LogP contribution in [0.5, 0.6) is 11.5 Å².